The summed E-state index contributed by atoms with van der Waals surface area (Å²) in [6.45, 7) is 0.982. The Hall–Kier alpha value is -2.24. The van der Waals surface area contributed by atoms with Crippen LogP contribution in [0.15, 0.2) is 24.3 Å². The third-order valence-corrected chi connectivity index (χ3v) is 4.11. The molecule has 2 fully saturated rings. The van der Waals surface area contributed by atoms with Gasteiger partial charge in [0, 0.05) is 6.07 Å². The van der Waals surface area contributed by atoms with Gasteiger partial charge in [-0.05, 0) is 25.0 Å². The largest absolute Gasteiger partial charge is 0.497 e. The van der Waals surface area contributed by atoms with E-state index in [0.717, 1.165) is 5.75 Å². The van der Waals surface area contributed by atoms with Crippen LogP contribution in [0.25, 0.3) is 0 Å². The maximum absolute atomic E-state index is 12.2. The summed E-state index contributed by atoms with van der Waals surface area (Å²) < 4.78 is 10.9. The first-order valence-corrected chi connectivity index (χ1v) is 6.95. The van der Waals surface area contributed by atoms with Gasteiger partial charge in [0.05, 0.1) is 20.2 Å². The fourth-order valence-corrected chi connectivity index (χ4v) is 2.54. The lowest BCUT2D eigenvalue weighted by Crippen LogP contribution is -2.59. The van der Waals surface area contributed by atoms with Crippen LogP contribution in [0.3, 0.4) is 0 Å². The zero-order valence-corrected chi connectivity index (χ0v) is 11.9. The Kier molecular flexibility index (Phi) is 3.23. The van der Waals surface area contributed by atoms with Crippen molar-refractivity contribution in [1.82, 2.24) is 4.90 Å². The van der Waals surface area contributed by atoms with Crippen molar-refractivity contribution in [2.75, 3.05) is 20.2 Å². The fraction of sp³-hybridized carbons (Fsp3) is 0.467. The Balaban J connectivity index is 1.54. The molecule has 2 aliphatic rings. The van der Waals surface area contributed by atoms with E-state index in [2.05, 4.69) is 0 Å². The zero-order valence-electron chi connectivity index (χ0n) is 11.9. The van der Waals surface area contributed by atoms with Crippen molar-refractivity contribution in [2.45, 2.75) is 18.9 Å². The minimum Gasteiger partial charge on any atom is -0.497 e. The summed E-state index contributed by atoms with van der Waals surface area (Å²) >= 11 is 0. The van der Waals surface area contributed by atoms with Gasteiger partial charge in [-0.3, -0.25) is 9.59 Å². The molecule has 3 rings (SSSR count). The number of rotatable bonds is 5. The normalized spacial score (nSPS) is 19.6. The average molecular weight is 290 g/mol. The first-order chi connectivity index (χ1) is 10.0. The molecule has 2 N–H and O–H groups in total. The number of likely N-dealkylation sites (tertiary alicyclic amines) is 1. The SMILES string of the molecule is COc1cccc(OC2CN(C(=O)C3(C(N)=O)CC3)C2)c1. The van der Waals surface area contributed by atoms with Gasteiger partial charge in [0.2, 0.25) is 11.8 Å². The number of hydrogen-bond donors (Lipinski definition) is 1. The Morgan fingerprint density at radius 1 is 1.29 bits per heavy atom. The number of nitrogens with zero attached hydrogens (tertiary/aromatic N) is 1. The summed E-state index contributed by atoms with van der Waals surface area (Å²) in [5, 5.41) is 0. The summed E-state index contributed by atoms with van der Waals surface area (Å²) in [7, 11) is 1.60. The van der Waals surface area contributed by atoms with Crippen molar-refractivity contribution in [3.05, 3.63) is 24.3 Å². The van der Waals surface area contributed by atoms with Gasteiger partial charge in [0.25, 0.3) is 0 Å². The summed E-state index contributed by atoms with van der Waals surface area (Å²) in [6.07, 6.45) is 1.09. The number of benzene rings is 1. The number of methoxy groups -OCH3 is 1. The van der Waals surface area contributed by atoms with Gasteiger partial charge in [-0.2, -0.15) is 0 Å². The Bertz CT molecular complexity index is 577. The van der Waals surface area contributed by atoms with Crippen molar-refractivity contribution in [3.63, 3.8) is 0 Å². The molecule has 112 valence electrons. The van der Waals surface area contributed by atoms with E-state index in [4.69, 9.17) is 15.2 Å². The second kappa shape index (κ2) is 4.95. The predicted octanol–water partition coefficient (Wildman–Crippen LogP) is 0.550. The van der Waals surface area contributed by atoms with E-state index in [0.29, 0.717) is 31.7 Å². The fourth-order valence-electron chi connectivity index (χ4n) is 2.54. The Labute approximate surface area is 122 Å². The highest BCUT2D eigenvalue weighted by Gasteiger charge is 2.58. The lowest BCUT2D eigenvalue weighted by Gasteiger charge is -2.40. The lowest BCUT2D eigenvalue weighted by atomic mass is 10.0. The lowest BCUT2D eigenvalue weighted by molar-refractivity contribution is -0.150. The van der Waals surface area contributed by atoms with Gasteiger partial charge in [-0.25, -0.2) is 0 Å². The van der Waals surface area contributed by atoms with Crippen LogP contribution in [0, 0.1) is 5.41 Å². The van der Waals surface area contributed by atoms with E-state index < -0.39 is 11.3 Å². The molecule has 2 amide bonds. The van der Waals surface area contributed by atoms with Crippen molar-refractivity contribution in [2.24, 2.45) is 11.1 Å². The van der Waals surface area contributed by atoms with E-state index >= 15 is 0 Å². The predicted molar refractivity (Wildman–Crippen MR) is 74.9 cm³/mol. The molecule has 0 spiro atoms. The highest BCUT2D eigenvalue weighted by Crippen LogP contribution is 2.47. The molecule has 6 heteroatoms. The zero-order chi connectivity index (χ0) is 15.0. The maximum atomic E-state index is 12.2. The first-order valence-electron chi connectivity index (χ1n) is 6.95. The van der Waals surface area contributed by atoms with Gasteiger partial charge in [-0.15, -0.1) is 0 Å². The first kappa shape index (κ1) is 13.7. The van der Waals surface area contributed by atoms with Crippen molar-refractivity contribution < 1.29 is 19.1 Å². The smallest absolute Gasteiger partial charge is 0.238 e. The van der Waals surface area contributed by atoms with Crippen molar-refractivity contribution >= 4 is 11.8 Å². The van der Waals surface area contributed by atoms with Gasteiger partial charge >= 0.3 is 0 Å². The molecule has 1 saturated carbocycles. The molecular weight excluding hydrogens is 272 g/mol. The molecule has 0 atom stereocenters. The molecule has 1 heterocycles. The molecule has 1 aliphatic carbocycles. The van der Waals surface area contributed by atoms with Crippen LogP contribution in [0.2, 0.25) is 0 Å². The number of primary amides is 1. The van der Waals surface area contributed by atoms with E-state index in [1.165, 1.54) is 0 Å². The number of carbonyl (C=O) groups is 2. The van der Waals surface area contributed by atoms with Crippen molar-refractivity contribution in [3.8, 4) is 11.5 Å². The standard InChI is InChI=1S/C15H18N2O4/c1-20-10-3-2-4-11(7-10)21-12-8-17(9-12)14(19)15(5-6-15)13(16)18/h2-4,7,12H,5-6,8-9H2,1H3,(H2,16,18). The summed E-state index contributed by atoms with van der Waals surface area (Å²) in [5.41, 5.74) is 4.38. The van der Waals surface area contributed by atoms with Crippen molar-refractivity contribution in [1.29, 1.82) is 0 Å². The second-order valence-corrected chi connectivity index (χ2v) is 5.58. The molecule has 1 saturated heterocycles. The third kappa shape index (κ3) is 2.41. The molecule has 0 radical (unpaired) electrons. The Morgan fingerprint density at radius 3 is 2.52 bits per heavy atom. The highest BCUT2D eigenvalue weighted by atomic mass is 16.5. The third-order valence-electron chi connectivity index (χ3n) is 4.11. The minimum atomic E-state index is -0.930. The molecule has 21 heavy (non-hydrogen) atoms. The van der Waals surface area contributed by atoms with Gasteiger partial charge in [0.15, 0.2) is 0 Å². The van der Waals surface area contributed by atoms with Crippen LogP contribution < -0.4 is 15.2 Å². The Morgan fingerprint density at radius 2 is 1.95 bits per heavy atom. The topological polar surface area (TPSA) is 81.9 Å². The van der Waals surface area contributed by atoms with E-state index in [9.17, 15) is 9.59 Å². The molecule has 1 aromatic rings. The van der Waals surface area contributed by atoms with E-state index in [1.807, 2.05) is 18.2 Å². The molecule has 1 aromatic carbocycles. The molecule has 1 aliphatic heterocycles. The molecule has 0 aromatic heterocycles. The number of amides is 2. The number of carbonyl (C=O) groups excluding carboxylic acids is 2. The number of nitrogens with two attached hydrogens (primary N) is 1. The van der Waals surface area contributed by atoms with Crippen LogP contribution >= 0.6 is 0 Å². The monoisotopic (exact) mass is 290 g/mol. The van der Waals surface area contributed by atoms with Crippen LogP contribution in [-0.2, 0) is 9.59 Å². The summed E-state index contributed by atoms with van der Waals surface area (Å²) in [5.74, 6) is 0.776. The highest BCUT2D eigenvalue weighted by molar-refractivity contribution is 6.07. The maximum Gasteiger partial charge on any atom is 0.238 e. The second-order valence-electron chi connectivity index (χ2n) is 5.58. The van der Waals surface area contributed by atoms with Crippen LogP contribution in [-0.4, -0.2) is 43.0 Å². The molecule has 0 unspecified atom stereocenters. The van der Waals surface area contributed by atoms with E-state index in [-0.39, 0.29) is 12.0 Å². The number of hydrogen-bond acceptors (Lipinski definition) is 4. The molecule has 0 bridgehead atoms. The minimum absolute atomic E-state index is 0.0512. The van der Waals surface area contributed by atoms with E-state index in [1.54, 1.807) is 18.1 Å². The van der Waals surface area contributed by atoms with Gasteiger partial charge in [-0.1, -0.05) is 6.07 Å². The van der Waals surface area contributed by atoms with Crippen LogP contribution in [0.1, 0.15) is 12.8 Å². The molecular formula is C15H18N2O4. The molecule has 6 nitrogen and oxygen atoms in total. The summed E-state index contributed by atoms with van der Waals surface area (Å²) in [6, 6.07) is 7.34. The van der Waals surface area contributed by atoms with Crippen LogP contribution in [0.4, 0.5) is 0 Å². The summed E-state index contributed by atoms with van der Waals surface area (Å²) in [4.78, 5) is 25.2. The number of ether oxygens (including phenoxy) is 2. The van der Waals surface area contributed by atoms with Gasteiger partial charge < -0.3 is 20.1 Å². The van der Waals surface area contributed by atoms with Gasteiger partial charge in [0.1, 0.15) is 23.0 Å². The average Bonchev–Trinajstić information content (AvgIpc) is 3.23. The van der Waals surface area contributed by atoms with Crippen LogP contribution in [0.5, 0.6) is 11.5 Å². The quantitative estimate of drug-likeness (QED) is 0.803.